The molecule has 134 valence electrons. The van der Waals surface area contributed by atoms with Crippen LogP contribution in [0.4, 0.5) is 19.3 Å². The number of anilines is 1. The molecule has 1 aromatic carbocycles. The summed E-state index contributed by atoms with van der Waals surface area (Å²) >= 11 is 0. The van der Waals surface area contributed by atoms with E-state index in [1.165, 1.54) is 12.1 Å². The maximum atomic E-state index is 13.8. The summed E-state index contributed by atoms with van der Waals surface area (Å²) in [6.45, 7) is 5.16. The molecule has 5 nitrogen and oxygen atoms in total. The van der Waals surface area contributed by atoms with Crippen molar-refractivity contribution in [3.8, 4) is 0 Å². The number of amides is 2. The van der Waals surface area contributed by atoms with Crippen LogP contribution in [-0.4, -0.2) is 42.9 Å². The topological polar surface area (TPSA) is 64.6 Å². The van der Waals surface area contributed by atoms with E-state index < -0.39 is 17.7 Å². The van der Waals surface area contributed by atoms with Crippen LogP contribution in [0, 0.1) is 17.6 Å². The fourth-order valence-corrected chi connectivity index (χ4v) is 2.74. The number of rotatable bonds is 6. The van der Waals surface area contributed by atoms with E-state index in [1.807, 2.05) is 13.8 Å². The van der Waals surface area contributed by atoms with E-state index in [1.54, 1.807) is 4.90 Å². The van der Waals surface area contributed by atoms with Crippen molar-refractivity contribution < 1.29 is 18.7 Å². The maximum absolute atomic E-state index is 13.8. The molecule has 0 radical (unpaired) electrons. The van der Waals surface area contributed by atoms with E-state index in [0.717, 1.165) is 12.5 Å². The monoisotopic (exact) mass is 341 g/mol. The number of hydrogen-bond donors (Lipinski definition) is 3. The fraction of sp³-hybridized carbons (Fsp3) is 0.588. The number of urea groups is 1. The van der Waals surface area contributed by atoms with Crippen LogP contribution in [0.1, 0.15) is 26.7 Å². The summed E-state index contributed by atoms with van der Waals surface area (Å²) in [4.78, 5) is 13.7. The first-order valence-corrected chi connectivity index (χ1v) is 8.33. The Labute approximate surface area is 141 Å². The van der Waals surface area contributed by atoms with Gasteiger partial charge in [0.2, 0.25) is 0 Å². The van der Waals surface area contributed by atoms with Crippen molar-refractivity contribution >= 4 is 11.7 Å². The first-order valence-electron chi connectivity index (χ1n) is 8.33. The Morgan fingerprint density at radius 1 is 1.46 bits per heavy atom. The lowest BCUT2D eigenvalue weighted by molar-refractivity contribution is 0.114. The molecular formula is C17H25F2N3O2. The van der Waals surface area contributed by atoms with E-state index in [2.05, 4.69) is 10.6 Å². The van der Waals surface area contributed by atoms with Crippen molar-refractivity contribution in [2.24, 2.45) is 5.92 Å². The molecule has 1 aliphatic heterocycles. The highest BCUT2D eigenvalue weighted by molar-refractivity contribution is 5.74. The summed E-state index contributed by atoms with van der Waals surface area (Å²) in [5.41, 5.74) is 0.341. The molecule has 0 aromatic heterocycles. The number of halogens is 2. The molecule has 1 aliphatic rings. The maximum Gasteiger partial charge on any atom is 0.315 e. The average molecular weight is 341 g/mol. The first kappa shape index (κ1) is 18.4. The lowest BCUT2D eigenvalue weighted by atomic mass is 10.0. The van der Waals surface area contributed by atoms with Gasteiger partial charge in [0.25, 0.3) is 0 Å². The number of hydrogen-bond acceptors (Lipinski definition) is 3. The Morgan fingerprint density at radius 2 is 2.21 bits per heavy atom. The SMILES string of the molecule is CCC(C)C(O)CNC(=O)NC1CCN(c2ccc(F)cc2F)C1. The van der Waals surface area contributed by atoms with Crippen LogP contribution in [0.25, 0.3) is 0 Å². The van der Waals surface area contributed by atoms with Gasteiger partial charge in [-0.2, -0.15) is 0 Å². The largest absolute Gasteiger partial charge is 0.391 e. The molecule has 0 spiro atoms. The predicted octanol–water partition coefficient (Wildman–Crippen LogP) is 2.25. The smallest absolute Gasteiger partial charge is 0.315 e. The van der Waals surface area contributed by atoms with Gasteiger partial charge in [0.1, 0.15) is 11.6 Å². The molecular weight excluding hydrogens is 316 g/mol. The van der Waals surface area contributed by atoms with Crippen LogP contribution in [-0.2, 0) is 0 Å². The Kier molecular flexibility index (Phi) is 6.36. The molecule has 3 atom stereocenters. The number of benzene rings is 1. The number of aliphatic hydroxyl groups excluding tert-OH is 1. The number of aliphatic hydroxyl groups is 1. The molecule has 0 aliphatic carbocycles. The van der Waals surface area contributed by atoms with Gasteiger partial charge in [0.15, 0.2) is 0 Å². The van der Waals surface area contributed by atoms with E-state index in [9.17, 15) is 18.7 Å². The second kappa shape index (κ2) is 8.28. The molecule has 0 bridgehead atoms. The summed E-state index contributed by atoms with van der Waals surface area (Å²) < 4.78 is 26.8. The zero-order chi connectivity index (χ0) is 17.7. The van der Waals surface area contributed by atoms with Crippen LogP contribution < -0.4 is 15.5 Å². The Balaban J connectivity index is 1.80. The van der Waals surface area contributed by atoms with Crippen molar-refractivity contribution in [2.75, 3.05) is 24.5 Å². The van der Waals surface area contributed by atoms with Crippen LogP contribution in [0.2, 0.25) is 0 Å². The van der Waals surface area contributed by atoms with Crippen LogP contribution in [0.3, 0.4) is 0 Å². The minimum Gasteiger partial charge on any atom is -0.391 e. The van der Waals surface area contributed by atoms with Gasteiger partial charge >= 0.3 is 6.03 Å². The highest BCUT2D eigenvalue weighted by Gasteiger charge is 2.26. The second-order valence-electron chi connectivity index (χ2n) is 6.33. The zero-order valence-electron chi connectivity index (χ0n) is 14.1. The summed E-state index contributed by atoms with van der Waals surface area (Å²) in [5.74, 6) is -1.09. The van der Waals surface area contributed by atoms with Crippen LogP contribution in [0.15, 0.2) is 18.2 Å². The molecule has 2 amide bonds. The predicted molar refractivity (Wildman–Crippen MR) is 89.0 cm³/mol. The third kappa shape index (κ3) is 4.80. The standard InChI is InChI=1S/C17H25F2N3O2/c1-3-11(2)16(23)9-20-17(24)21-13-6-7-22(10-13)15-5-4-12(18)8-14(15)19/h4-5,8,11,13,16,23H,3,6-7,9-10H2,1-2H3,(H2,20,21,24). The van der Waals surface area contributed by atoms with Crippen LogP contribution in [0.5, 0.6) is 0 Å². The lowest BCUT2D eigenvalue weighted by Crippen LogP contribution is -2.46. The number of nitrogens with zero attached hydrogens (tertiary/aromatic N) is 1. The summed E-state index contributed by atoms with van der Waals surface area (Å²) in [7, 11) is 0. The first-order chi connectivity index (χ1) is 11.4. The van der Waals surface area contributed by atoms with Gasteiger partial charge in [-0.25, -0.2) is 13.6 Å². The van der Waals surface area contributed by atoms with E-state index in [-0.39, 0.29) is 24.5 Å². The van der Waals surface area contributed by atoms with Gasteiger partial charge in [-0.05, 0) is 24.5 Å². The van der Waals surface area contributed by atoms with Gasteiger partial charge < -0.3 is 20.6 Å². The van der Waals surface area contributed by atoms with E-state index in [4.69, 9.17) is 0 Å². The van der Waals surface area contributed by atoms with Crippen LogP contribution >= 0.6 is 0 Å². The summed E-state index contributed by atoms with van der Waals surface area (Å²) in [5, 5.41) is 15.3. The molecule has 2 rings (SSSR count). The van der Waals surface area contributed by atoms with Crippen molar-refractivity contribution in [2.45, 2.75) is 38.8 Å². The summed E-state index contributed by atoms with van der Waals surface area (Å²) in [6, 6.07) is 3.04. The third-order valence-corrected chi connectivity index (χ3v) is 4.55. The third-order valence-electron chi connectivity index (χ3n) is 4.55. The summed E-state index contributed by atoms with van der Waals surface area (Å²) in [6.07, 6.45) is 0.942. The molecule has 7 heteroatoms. The van der Waals surface area contributed by atoms with Crippen molar-refractivity contribution in [1.29, 1.82) is 0 Å². The van der Waals surface area contributed by atoms with Gasteiger partial charge in [-0.1, -0.05) is 20.3 Å². The Hall–Kier alpha value is -1.89. The highest BCUT2D eigenvalue weighted by Crippen LogP contribution is 2.24. The molecule has 0 saturated carbocycles. The molecule has 3 N–H and O–H groups in total. The second-order valence-corrected chi connectivity index (χ2v) is 6.33. The molecule has 1 aromatic rings. The fourth-order valence-electron chi connectivity index (χ4n) is 2.74. The quantitative estimate of drug-likeness (QED) is 0.744. The molecule has 1 heterocycles. The molecule has 3 unspecified atom stereocenters. The van der Waals surface area contributed by atoms with Gasteiger partial charge in [0.05, 0.1) is 11.8 Å². The minimum absolute atomic E-state index is 0.116. The van der Waals surface area contributed by atoms with Crippen molar-refractivity contribution in [3.05, 3.63) is 29.8 Å². The van der Waals surface area contributed by atoms with E-state index >= 15 is 0 Å². The zero-order valence-corrected chi connectivity index (χ0v) is 14.1. The normalized spacial score (nSPS) is 19.9. The van der Waals surface area contributed by atoms with E-state index in [0.29, 0.717) is 25.2 Å². The van der Waals surface area contributed by atoms with Crippen molar-refractivity contribution in [3.63, 3.8) is 0 Å². The average Bonchev–Trinajstić information content (AvgIpc) is 2.99. The number of carbonyl (C=O) groups is 1. The molecule has 1 saturated heterocycles. The van der Waals surface area contributed by atoms with Gasteiger partial charge in [0, 0.05) is 31.7 Å². The number of nitrogens with one attached hydrogen (secondary N) is 2. The lowest BCUT2D eigenvalue weighted by Gasteiger charge is -2.21. The Morgan fingerprint density at radius 3 is 2.88 bits per heavy atom. The molecule has 1 fully saturated rings. The highest BCUT2D eigenvalue weighted by atomic mass is 19.1. The van der Waals surface area contributed by atoms with Gasteiger partial charge in [-0.15, -0.1) is 0 Å². The number of carbonyl (C=O) groups excluding carboxylic acids is 1. The van der Waals surface area contributed by atoms with Crippen molar-refractivity contribution in [1.82, 2.24) is 10.6 Å². The minimum atomic E-state index is -0.607. The molecule has 24 heavy (non-hydrogen) atoms. The Bertz CT molecular complexity index is 571. The van der Waals surface area contributed by atoms with Gasteiger partial charge in [-0.3, -0.25) is 0 Å².